The zero-order chi connectivity index (χ0) is 16.9. The van der Waals surface area contributed by atoms with E-state index in [4.69, 9.17) is 4.74 Å². The van der Waals surface area contributed by atoms with Crippen LogP contribution in [0.25, 0.3) is 0 Å². The fraction of sp³-hybridized carbons (Fsp3) is 0.294. The topological polar surface area (TPSA) is 93.2 Å². The smallest absolute Gasteiger partial charge is 0.338 e. The molecule has 0 radical (unpaired) electrons. The molecule has 0 saturated heterocycles. The zero-order valence-electron chi connectivity index (χ0n) is 13.3. The number of hydrogen-bond acceptors (Lipinski definition) is 6. The van der Waals surface area contributed by atoms with Crippen molar-refractivity contribution in [2.45, 2.75) is 25.8 Å². The minimum Gasteiger partial charge on any atom is -0.462 e. The van der Waals surface area contributed by atoms with Crippen molar-refractivity contribution in [1.29, 1.82) is 0 Å². The molecule has 0 bridgehead atoms. The van der Waals surface area contributed by atoms with Gasteiger partial charge in [-0.2, -0.15) is 0 Å². The van der Waals surface area contributed by atoms with E-state index in [9.17, 15) is 9.59 Å². The monoisotopic (exact) mass is 326 g/mol. The standard InChI is InChI=1S/C17H18N4O3/c1-2-24-17(23)11-3-5-12(6-4-11)18-15-10-9-14(20-21-15)16(22)19-13-7-8-13/h3-6,9-10,13H,2,7-8H2,1H3,(H,18,21)(H,19,22). The Morgan fingerprint density at radius 1 is 1.12 bits per heavy atom. The number of ether oxygens (including phenoxy) is 1. The Bertz CT molecular complexity index is 725. The van der Waals surface area contributed by atoms with E-state index in [1.54, 1.807) is 43.3 Å². The Labute approximate surface area is 139 Å². The van der Waals surface area contributed by atoms with Gasteiger partial charge in [0.15, 0.2) is 11.5 Å². The number of esters is 1. The Morgan fingerprint density at radius 3 is 2.46 bits per heavy atom. The summed E-state index contributed by atoms with van der Waals surface area (Å²) in [5.74, 6) is -0.0351. The number of carbonyl (C=O) groups is 2. The van der Waals surface area contributed by atoms with Crippen LogP contribution in [0.4, 0.5) is 11.5 Å². The van der Waals surface area contributed by atoms with E-state index in [1.165, 1.54) is 0 Å². The Kier molecular flexibility index (Phi) is 4.69. The summed E-state index contributed by atoms with van der Waals surface area (Å²) in [7, 11) is 0. The van der Waals surface area contributed by atoms with Crippen LogP contribution in [0.5, 0.6) is 0 Å². The molecule has 1 saturated carbocycles. The first-order valence-corrected chi connectivity index (χ1v) is 7.84. The summed E-state index contributed by atoms with van der Waals surface area (Å²) >= 11 is 0. The third-order valence-corrected chi connectivity index (χ3v) is 3.48. The van der Waals surface area contributed by atoms with E-state index in [1.807, 2.05) is 0 Å². The van der Waals surface area contributed by atoms with Crippen LogP contribution in [-0.2, 0) is 4.74 Å². The van der Waals surface area contributed by atoms with E-state index in [2.05, 4.69) is 20.8 Å². The lowest BCUT2D eigenvalue weighted by Gasteiger charge is -2.07. The summed E-state index contributed by atoms with van der Waals surface area (Å²) in [6, 6.07) is 10.4. The van der Waals surface area contributed by atoms with Gasteiger partial charge in [0.25, 0.3) is 5.91 Å². The van der Waals surface area contributed by atoms with Crippen LogP contribution >= 0.6 is 0 Å². The van der Waals surface area contributed by atoms with Gasteiger partial charge in [-0.05, 0) is 56.2 Å². The quantitative estimate of drug-likeness (QED) is 0.791. The van der Waals surface area contributed by atoms with Gasteiger partial charge < -0.3 is 15.4 Å². The summed E-state index contributed by atoms with van der Waals surface area (Å²) in [6.07, 6.45) is 2.06. The van der Waals surface area contributed by atoms with E-state index >= 15 is 0 Å². The molecule has 7 heteroatoms. The van der Waals surface area contributed by atoms with E-state index in [0.29, 0.717) is 23.7 Å². The number of aromatic nitrogens is 2. The maximum atomic E-state index is 11.8. The fourth-order valence-corrected chi connectivity index (χ4v) is 2.06. The van der Waals surface area contributed by atoms with E-state index in [0.717, 1.165) is 18.5 Å². The van der Waals surface area contributed by atoms with Crippen molar-refractivity contribution in [2.75, 3.05) is 11.9 Å². The summed E-state index contributed by atoms with van der Waals surface area (Å²) in [5, 5.41) is 13.8. The predicted octanol–water partition coefficient (Wildman–Crippen LogP) is 2.29. The first kappa shape index (κ1) is 15.9. The molecule has 3 rings (SSSR count). The molecule has 1 aliphatic carbocycles. The molecule has 1 aliphatic rings. The number of carbonyl (C=O) groups excluding carboxylic acids is 2. The molecule has 124 valence electrons. The summed E-state index contributed by atoms with van der Waals surface area (Å²) in [5.41, 5.74) is 1.54. The lowest BCUT2D eigenvalue weighted by Crippen LogP contribution is -2.26. The van der Waals surface area contributed by atoms with Crippen LogP contribution in [0.3, 0.4) is 0 Å². The summed E-state index contributed by atoms with van der Waals surface area (Å²) in [4.78, 5) is 23.4. The molecular weight excluding hydrogens is 308 g/mol. The predicted molar refractivity (Wildman–Crippen MR) is 88.2 cm³/mol. The number of hydrogen-bond donors (Lipinski definition) is 2. The highest BCUT2D eigenvalue weighted by molar-refractivity contribution is 5.92. The lowest BCUT2D eigenvalue weighted by molar-refractivity contribution is 0.0526. The molecule has 1 amide bonds. The molecule has 2 N–H and O–H groups in total. The first-order valence-electron chi connectivity index (χ1n) is 7.84. The lowest BCUT2D eigenvalue weighted by atomic mass is 10.2. The molecule has 24 heavy (non-hydrogen) atoms. The van der Waals surface area contributed by atoms with Gasteiger partial charge in [0, 0.05) is 11.7 Å². The van der Waals surface area contributed by atoms with Crippen LogP contribution in [-0.4, -0.2) is 34.7 Å². The van der Waals surface area contributed by atoms with E-state index < -0.39 is 0 Å². The van der Waals surface area contributed by atoms with Crippen LogP contribution in [0.2, 0.25) is 0 Å². The van der Waals surface area contributed by atoms with Gasteiger partial charge in [-0.3, -0.25) is 4.79 Å². The minimum absolute atomic E-state index is 0.199. The van der Waals surface area contributed by atoms with Gasteiger partial charge >= 0.3 is 5.97 Å². The number of rotatable bonds is 6. The maximum absolute atomic E-state index is 11.8. The average molecular weight is 326 g/mol. The Morgan fingerprint density at radius 2 is 1.88 bits per heavy atom. The molecule has 0 atom stereocenters. The minimum atomic E-state index is -0.352. The molecule has 1 heterocycles. The normalized spacial score (nSPS) is 13.2. The Balaban J connectivity index is 1.61. The molecule has 1 aromatic heterocycles. The molecule has 7 nitrogen and oxygen atoms in total. The highest BCUT2D eigenvalue weighted by Gasteiger charge is 2.24. The molecule has 2 aromatic rings. The van der Waals surface area contributed by atoms with Crippen molar-refractivity contribution in [2.24, 2.45) is 0 Å². The number of nitrogens with one attached hydrogen (secondary N) is 2. The second kappa shape index (κ2) is 7.08. The first-order chi connectivity index (χ1) is 11.7. The van der Waals surface area contributed by atoms with Crippen molar-refractivity contribution in [3.8, 4) is 0 Å². The summed E-state index contributed by atoms with van der Waals surface area (Å²) < 4.78 is 4.93. The Hall–Kier alpha value is -2.96. The SMILES string of the molecule is CCOC(=O)c1ccc(Nc2ccc(C(=O)NC3CC3)nn2)cc1. The van der Waals surface area contributed by atoms with Crippen molar-refractivity contribution in [3.05, 3.63) is 47.7 Å². The van der Waals surface area contributed by atoms with Gasteiger partial charge in [-0.15, -0.1) is 10.2 Å². The van der Waals surface area contributed by atoms with Crippen LogP contribution in [0, 0.1) is 0 Å². The van der Waals surface area contributed by atoms with Gasteiger partial charge in [0.05, 0.1) is 12.2 Å². The van der Waals surface area contributed by atoms with Gasteiger partial charge in [0.1, 0.15) is 0 Å². The number of anilines is 2. The molecule has 0 aliphatic heterocycles. The van der Waals surface area contributed by atoms with Gasteiger partial charge in [-0.1, -0.05) is 0 Å². The molecule has 1 aromatic carbocycles. The van der Waals surface area contributed by atoms with Gasteiger partial charge in [-0.25, -0.2) is 4.79 Å². The zero-order valence-corrected chi connectivity index (χ0v) is 13.3. The highest BCUT2D eigenvalue weighted by Crippen LogP contribution is 2.19. The van der Waals surface area contributed by atoms with Crippen LogP contribution < -0.4 is 10.6 Å². The van der Waals surface area contributed by atoms with Crippen LogP contribution in [0.15, 0.2) is 36.4 Å². The third kappa shape index (κ3) is 4.07. The second-order valence-corrected chi connectivity index (χ2v) is 5.47. The van der Waals surface area contributed by atoms with Crippen molar-refractivity contribution in [1.82, 2.24) is 15.5 Å². The van der Waals surface area contributed by atoms with Crippen molar-refractivity contribution < 1.29 is 14.3 Å². The number of amides is 1. The maximum Gasteiger partial charge on any atom is 0.338 e. The number of benzene rings is 1. The molecule has 1 fully saturated rings. The van der Waals surface area contributed by atoms with Crippen molar-refractivity contribution in [3.63, 3.8) is 0 Å². The average Bonchev–Trinajstić information content (AvgIpc) is 3.40. The van der Waals surface area contributed by atoms with Crippen LogP contribution in [0.1, 0.15) is 40.6 Å². The third-order valence-electron chi connectivity index (χ3n) is 3.48. The van der Waals surface area contributed by atoms with Crippen molar-refractivity contribution >= 4 is 23.4 Å². The largest absolute Gasteiger partial charge is 0.462 e. The number of nitrogens with zero attached hydrogens (tertiary/aromatic N) is 2. The second-order valence-electron chi connectivity index (χ2n) is 5.47. The molecule has 0 spiro atoms. The summed E-state index contributed by atoms with van der Waals surface area (Å²) in [6.45, 7) is 2.11. The molecular formula is C17H18N4O3. The van der Waals surface area contributed by atoms with Gasteiger partial charge in [0.2, 0.25) is 0 Å². The molecule has 0 unspecified atom stereocenters. The van der Waals surface area contributed by atoms with E-state index in [-0.39, 0.29) is 17.9 Å². The highest BCUT2D eigenvalue weighted by atomic mass is 16.5. The fourth-order valence-electron chi connectivity index (χ4n) is 2.06.